The first-order valence-electron chi connectivity index (χ1n) is 7.09. The van der Waals surface area contributed by atoms with Crippen LogP contribution in [0.5, 0.6) is 0 Å². The van der Waals surface area contributed by atoms with Crippen molar-refractivity contribution in [1.29, 1.82) is 0 Å². The molecule has 0 aliphatic heterocycles. The van der Waals surface area contributed by atoms with E-state index >= 15 is 0 Å². The van der Waals surface area contributed by atoms with Crippen LogP contribution < -0.4 is 16.2 Å². The highest BCUT2D eigenvalue weighted by Gasteiger charge is 2.04. The Morgan fingerprint density at radius 1 is 1.09 bits per heavy atom. The smallest absolute Gasteiger partial charge is 0.251 e. The van der Waals surface area contributed by atoms with E-state index in [9.17, 15) is 4.79 Å². The largest absolute Gasteiger partial charge is 0.357 e. The lowest BCUT2D eigenvalue weighted by Gasteiger charge is -2.08. The van der Waals surface area contributed by atoms with E-state index in [1.54, 1.807) is 26.4 Å². The summed E-state index contributed by atoms with van der Waals surface area (Å²) in [5, 5.41) is 6.10. The maximum absolute atomic E-state index is 11.6. The van der Waals surface area contributed by atoms with Crippen molar-refractivity contribution in [2.24, 2.45) is 0 Å². The molecule has 0 fully saturated rings. The number of aromatic nitrogens is 4. The molecule has 0 bridgehead atoms. The first kappa shape index (κ1) is 14.7. The van der Waals surface area contributed by atoms with Gasteiger partial charge in [0.15, 0.2) is 0 Å². The van der Waals surface area contributed by atoms with Gasteiger partial charge in [-0.05, 0) is 19.1 Å². The summed E-state index contributed by atoms with van der Waals surface area (Å²) in [6, 6.07) is 9.14. The summed E-state index contributed by atoms with van der Waals surface area (Å²) in [4.78, 5) is 26.9. The fourth-order valence-electron chi connectivity index (χ4n) is 2.17. The molecule has 0 spiro atoms. The van der Waals surface area contributed by atoms with Gasteiger partial charge >= 0.3 is 0 Å². The summed E-state index contributed by atoms with van der Waals surface area (Å²) >= 11 is 0. The van der Waals surface area contributed by atoms with E-state index in [-0.39, 0.29) is 5.56 Å². The van der Waals surface area contributed by atoms with Crippen LogP contribution in [0.4, 0.5) is 17.3 Å². The van der Waals surface area contributed by atoms with Crippen LogP contribution in [0.1, 0.15) is 5.82 Å². The van der Waals surface area contributed by atoms with E-state index < -0.39 is 0 Å². The SMILES string of the molecule is CNc1ncc(Nc2cccc(-c3cc(=O)[nH]c(C)n3)c2)cn1. The Morgan fingerprint density at radius 2 is 1.87 bits per heavy atom. The zero-order chi connectivity index (χ0) is 16.2. The molecule has 116 valence electrons. The Bertz CT molecular complexity index is 872. The molecule has 23 heavy (non-hydrogen) atoms. The van der Waals surface area contributed by atoms with E-state index in [1.807, 2.05) is 24.3 Å². The maximum atomic E-state index is 11.6. The first-order valence-corrected chi connectivity index (χ1v) is 7.09. The zero-order valence-corrected chi connectivity index (χ0v) is 12.8. The molecule has 7 heteroatoms. The number of aryl methyl sites for hydroxylation is 1. The van der Waals surface area contributed by atoms with Gasteiger partial charge in [-0.2, -0.15) is 0 Å². The van der Waals surface area contributed by atoms with Gasteiger partial charge in [0.1, 0.15) is 5.82 Å². The Balaban J connectivity index is 1.88. The minimum Gasteiger partial charge on any atom is -0.357 e. The first-order chi connectivity index (χ1) is 11.1. The summed E-state index contributed by atoms with van der Waals surface area (Å²) in [6.45, 7) is 1.76. The summed E-state index contributed by atoms with van der Waals surface area (Å²) in [5.41, 5.74) is 2.97. The van der Waals surface area contributed by atoms with E-state index in [0.29, 0.717) is 17.5 Å². The highest BCUT2D eigenvalue weighted by molar-refractivity contribution is 5.68. The number of benzene rings is 1. The molecular formula is C16H16N6O. The average Bonchev–Trinajstić information content (AvgIpc) is 2.55. The van der Waals surface area contributed by atoms with Crippen LogP contribution in [0.3, 0.4) is 0 Å². The van der Waals surface area contributed by atoms with Crippen molar-refractivity contribution < 1.29 is 0 Å². The molecule has 0 amide bonds. The van der Waals surface area contributed by atoms with Crippen molar-refractivity contribution in [3.63, 3.8) is 0 Å². The van der Waals surface area contributed by atoms with Crippen LogP contribution in [0.2, 0.25) is 0 Å². The van der Waals surface area contributed by atoms with Gasteiger partial charge in [-0.1, -0.05) is 12.1 Å². The number of anilines is 3. The second-order valence-corrected chi connectivity index (χ2v) is 4.97. The molecular weight excluding hydrogens is 292 g/mol. The normalized spacial score (nSPS) is 10.3. The van der Waals surface area contributed by atoms with Crippen LogP contribution in [-0.4, -0.2) is 27.0 Å². The molecule has 0 aliphatic carbocycles. The topological polar surface area (TPSA) is 95.6 Å². The van der Waals surface area contributed by atoms with E-state index in [1.165, 1.54) is 6.07 Å². The van der Waals surface area contributed by atoms with E-state index in [2.05, 4.69) is 30.6 Å². The average molecular weight is 308 g/mol. The van der Waals surface area contributed by atoms with Crippen molar-refractivity contribution in [3.8, 4) is 11.3 Å². The van der Waals surface area contributed by atoms with Crippen molar-refractivity contribution in [2.75, 3.05) is 17.7 Å². The molecule has 0 saturated carbocycles. The third-order valence-electron chi connectivity index (χ3n) is 3.18. The van der Waals surface area contributed by atoms with Gasteiger partial charge in [0, 0.05) is 24.4 Å². The molecule has 7 nitrogen and oxygen atoms in total. The molecule has 3 N–H and O–H groups in total. The fraction of sp³-hybridized carbons (Fsp3) is 0.125. The molecule has 2 aromatic heterocycles. The molecule has 1 aromatic carbocycles. The van der Waals surface area contributed by atoms with Gasteiger partial charge in [-0.25, -0.2) is 15.0 Å². The molecule has 0 radical (unpaired) electrons. The lowest BCUT2D eigenvalue weighted by Crippen LogP contribution is -2.08. The molecule has 0 aliphatic rings. The predicted octanol–water partition coefficient (Wildman–Crippen LogP) is 2.32. The van der Waals surface area contributed by atoms with Crippen LogP contribution in [-0.2, 0) is 0 Å². The summed E-state index contributed by atoms with van der Waals surface area (Å²) in [5.74, 6) is 1.15. The van der Waals surface area contributed by atoms with Crippen LogP contribution in [0.15, 0.2) is 47.5 Å². The Morgan fingerprint density at radius 3 is 2.57 bits per heavy atom. The summed E-state index contributed by atoms with van der Waals surface area (Å²) in [6.07, 6.45) is 3.39. The second-order valence-electron chi connectivity index (χ2n) is 4.97. The van der Waals surface area contributed by atoms with Crippen molar-refractivity contribution in [1.82, 2.24) is 19.9 Å². The number of H-pyrrole nitrogens is 1. The number of nitrogens with zero attached hydrogens (tertiary/aromatic N) is 3. The van der Waals surface area contributed by atoms with Crippen LogP contribution >= 0.6 is 0 Å². The van der Waals surface area contributed by atoms with Crippen molar-refractivity contribution in [2.45, 2.75) is 6.92 Å². The molecule has 3 aromatic rings. The second kappa shape index (κ2) is 6.27. The minimum absolute atomic E-state index is 0.165. The highest BCUT2D eigenvalue weighted by atomic mass is 16.1. The van der Waals surface area contributed by atoms with E-state index in [0.717, 1.165) is 16.9 Å². The summed E-state index contributed by atoms with van der Waals surface area (Å²) < 4.78 is 0. The summed E-state index contributed by atoms with van der Waals surface area (Å²) in [7, 11) is 1.77. The molecule has 0 atom stereocenters. The highest BCUT2D eigenvalue weighted by Crippen LogP contribution is 2.22. The zero-order valence-electron chi connectivity index (χ0n) is 12.8. The maximum Gasteiger partial charge on any atom is 0.251 e. The Kier molecular flexibility index (Phi) is 4.01. The number of rotatable bonds is 4. The Labute approximate surface area is 132 Å². The minimum atomic E-state index is -0.165. The third kappa shape index (κ3) is 3.52. The van der Waals surface area contributed by atoms with Crippen molar-refractivity contribution in [3.05, 3.63) is 58.9 Å². The van der Waals surface area contributed by atoms with Crippen LogP contribution in [0, 0.1) is 6.92 Å². The lowest BCUT2D eigenvalue weighted by atomic mass is 10.1. The van der Waals surface area contributed by atoms with E-state index in [4.69, 9.17) is 0 Å². The lowest BCUT2D eigenvalue weighted by molar-refractivity contribution is 1.02. The van der Waals surface area contributed by atoms with Crippen molar-refractivity contribution >= 4 is 17.3 Å². The van der Waals surface area contributed by atoms with Gasteiger partial charge in [-0.3, -0.25) is 4.79 Å². The standard InChI is InChI=1S/C16H16N6O/c1-10-20-14(7-15(23)21-10)11-4-3-5-12(6-11)22-13-8-18-16(17-2)19-9-13/h3-9,22H,1-2H3,(H,17,18,19)(H,20,21,23). The quantitative estimate of drug-likeness (QED) is 0.684. The number of hydrogen-bond acceptors (Lipinski definition) is 6. The number of aromatic amines is 1. The Hall–Kier alpha value is -3.22. The molecule has 0 unspecified atom stereocenters. The van der Waals surface area contributed by atoms with Gasteiger partial charge < -0.3 is 15.6 Å². The third-order valence-corrected chi connectivity index (χ3v) is 3.18. The predicted molar refractivity (Wildman–Crippen MR) is 89.9 cm³/mol. The van der Waals surface area contributed by atoms with Crippen LogP contribution in [0.25, 0.3) is 11.3 Å². The number of hydrogen-bond donors (Lipinski definition) is 3. The molecule has 3 rings (SSSR count). The number of nitrogens with one attached hydrogen (secondary N) is 3. The monoisotopic (exact) mass is 308 g/mol. The fourth-order valence-corrected chi connectivity index (χ4v) is 2.17. The molecule has 2 heterocycles. The molecule has 0 saturated heterocycles. The van der Waals surface area contributed by atoms with Gasteiger partial charge in [-0.15, -0.1) is 0 Å². The van der Waals surface area contributed by atoms with Gasteiger partial charge in [0.05, 0.1) is 23.8 Å². The van der Waals surface area contributed by atoms with Gasteiger partial charge in [0.2, 0.25) is 5.95 Å². The van der Waals surface area contributed by atoms with Gasteiger partial charge in [0.25, 0.3) is 5.56 Å².